The minimum Gasteiger partial charge on any atom is -0.379 e. The van der Waals surface area contributed by atoms with Gasteiger partial charge in [0.1, 0.15) is 0 Å². The van der Waals surface area contributed by atoms with Gasteiger partial charge < -0.3 is 15.4 Å². The largest absolute Gasteiger partial charge is 0.379 e. The lowest BCUT2D eigenvalue weighted by atomic mass is 9.93. The maximum Gasteiger partial charge on any atom is 0.191 e. The van der Waals surface area contributed by atoms with Crippen LogP contribution in [-0.2, 0) is 4.74 Å². The number of nitrogens with zero attached hydrogens (tertiary/aromatic N) is 2. The Morgan fingerprint density at radius 1 is 1.43 bits per heavy atom. The number of thiophene rings is 1. The van der Waals surface area contributed by atoms with Crippen molar-refractivity contribution >= 4 is 41.3 Å². The van der Waals surface area contributed by atoms with E-state index in [9.17, 15) is 0 Å². The molecule has 2 heterocycles. The lowest BCUT2D eigenvalue weighted by Gasteiger charge is -2.35. The minimum atomic E-state index is 0. The maximum absolute atomic E-state index is 5.49. The SMILES string of the molecule is CN=C(NCC(c1cccs1)N1CCOCC1)NC1CCC1.I. The molecule has 1 saturated heterocycles. The minimum absolute atomic E-state index is 0. The van der Waals surface area contributed by atoms with E-state index in [1.54, 1.807) is 0 Å². The van der Waals surface area contributed by atoms with Crippen molar-refractivity contribution in [3.05, 3.63) is 22.4 Å². The van der Waals surface area contributed by atoms with Crippen molar-refractivity contribution in [3.8, 4) is 0 Å². The number of aliphatic imine (C=N–C) groups is 1. The van der Waals surface area contributed by atoms with Crippen molar-refractivity contribution in [2.45, 2.75) is 31.3 Å². The molecule has 23 heavy (non-hydrogen) atoms. The zero-order valence-electron chi connectivity index (χ0n) is 13.7. The summed E-state index contributed by atoms with van der Waals surface area (Å²) in [6.45, 7) is 4.54. The molecule has 1 aromatic heterocycles. The van der Waals surface area contributed by atoms with E-state index in [-0.39, 0.29) is 24.0 Å². The fraction of sp³-hybridized carbons (Fsp3) is 0.688. The van der Waals surface area contributed by atoms with Crippen molar-refractivity contribution in [2.75, 3.05) is 39.9 Å². The lowest BCUT2D eigenvalue weighted by molar-refractivity contribution is 0.0177. The van der Waals surface area contributed by atoms with Gasteiger partial charge in [-0.05, 0) is 30.7 Å². The Hall–Kier alpha value is -0.380. The molecule has 7 heteroatoms. The molecular formula is C16H27IN4OS. The number of hydrogen-bond donors (Lipinski definition) is 2. The highest BCUT2D eigenvalue weighted by Crippen LogP contribution is 2.25. The first-order valence-electron chi connectivity index (χ1n) is 8.19. The molecule has 5 nitrogen and oxygen atoms in total. The number of morpholine rings is 1. The van der Waals surface area contributed by atoms with Gasteiger partial charge in [0.15, 0.2) is 5.96 Å². The number of guanidine groups is 1. The molecule has 0 bridgehead atoms. The van der Waals surface area contributed by atoms with Gasteiger partial charge >= 0.3 is 0 Å². The van der Waals surface area contributed by atoms with Crippen LogP contribution in [0.4, 0.5) is 0 Å². The molecule has 1 saturated carbocycles. The molecule has 3 rings (SSSR count). The quantitative estimate of drug-likeness (QED) is 0.411. The average Bonchev–Trinajstić information content (AvgIpc) is 3.04. The first kappa shape index (κ1) is 19.0. The molecule has 130 valence electrons. The molecule has 0 radical (unpaired) electrons. The van der Waals surface area contributed by atoms with Crippen LogP contribution in [0.2, 0.25) is 0 Å². The van der Waals surface area contributed by atoms with E-state index in [0.717, 1.165) is 38.8 Å². The summed E-state index contributed by atoms with van der Waals surface area (Å²) in [6.07, 6.45) is 3.86. The Morgan fingerprint density at radius 3 is 2.78 bits per heavy atom. The van der Waals surface area contributed by atoms with Crippen LogP contribution >= 0.6 is 35.3 Å². The zero-order chi connectivity index (χ0) is 15.2. The highest BCUT2D eigenvalue weighted by Gasteiger charge is 2.24. The third kappa shape index (κ3) is 5.30. The van der Waals surface area contributed by atoms with Gasteiger partial charge in [-0.25, -0.2) is 0 Å². The standard InChI is InChI=1S/C16H26N4OS.HI/c1-17-16(19-13-4-2-5-13)18-12-14(15-6-3-11-22-15)20-7-9-21-10-8-20;/h3,6,11,13-14H,2,4-5,7-10,12H2,1H3,(H2,17,18,19);1H. The fourth-order valence-electron chi connectivity index (χ4n) is 2.91. The third-order valence-electron chi connectivity index (χ3n) is 4.49. The number of hydrogen-bond acceptors (Lipinski definition) is 4. The van der Waals surface area contributed by atoms with Gasteiger partial charge in [-0.1, -0.05) is 6.07 Å². The first-order chi connectivity index (χ1) is 10.9. The number of nitrogens with one attached hydrogen (secondary N) is 2. The Labute approximate surface area is 159 Å². The number of rotatable bonds is 5. The Bertz CT molecular complexity index is 472. The van der Waals surface area contributed by atoms with Gasteiger partial charge in [-0.3, -0.25) is 9.89 Å². The number of ether oxygens (including phenoxy) is 1. The van der Waals surface area contributed by atoms with Gasteiger partial charge in [0, 0.05) is 37.6 Å². The molecular weight excluding hydrogens is 423 g/mol. The highest BCUT2D eigenvalue weighted by atomic mass is 127. The summed E-state index contributed by atoms with van der Waals surface area (Å²) in [7, 11) is 1.85. The summed E-state index contributed by atoms with van der Waals surface area (Å²) in [4.78, 5) is 8.29. The van der Waals surface area contributed by atoms with Crippen LogP contribution in [0.3, 0.4) is 0 Å². The molecule has 0 spiro atoms. The normalized spacial score (nSPS) is 21.2. The molecule has 1 atom stereocenters. The van der Waals surface area contributed by atoms with Crippen molar-refractivity contribution in [3.63, 3.8) is 0 Å². The Balaban J connectivity index is 0.00000192. The van der Waals surface area contributed by atoms with E-state index in [2.05, 4.69) is 38.0 Å². The van der Waals surface area contributed by atoms with E-state index >= 15 is 0 Å². The number of halogens is 1. The second kappa shape index (κ2) is 9.80. The van der Waals surface area contributed by atoms with Gasteiger partial charge in [0.25, 0.3) is 0 Å². The van der Waals surface area contributed by atoms with Crippen molar-refractivity contribution in [2.24, 2.45) is 4.99 Å². The summed E-state index contributed by atoms with van der Waals surface area (Å²) >= 11 is 1.83. The monoisotopic (exact) mass is 450 g/mol. The van der Waals surface area contributed by atoms with Crippen LogP contribution < -0.4 is 10.6 Å². The fourth-order valence-corrected chi connectivity index (χ4v) is 3.77. The van der Waals surface area contributed by atoms with Crippen LogP contribution in [0.25, 0.3) is 0 Å². The lowest BCUT2D eigenvalue weighted by Crippen LogP contribution is -2.49. The average molecular weight is 450 g/mol. The third-order valence-corrected chi connectivity index (χ3v) is 5.46. The topological polar surface area (TPSA) is 48.9 Å². The molecule has 2 fully saturated rings. The van der Waals surface area contributed by atoms with Crippen LogP contribution in [0.5, 0.6) is 0 Å². The van der Waals surface area contributed by atoms with Gasteiger partial charge in [0.2, 0.25) is 0 Å². The van der Waals surface area contributed by atoms with E-state index in [1.165, 1.54) is 24.1 Å². The predicted octanol–water partition coefficient (Wildman–Crippen LogP) is 2.46. The van der Waals surface area contributed by atoms with Crippen molar-refractivity contribution < 1.29 is 4.74 Å². The van der Waals surface area contributed by atoms with Crippen LogP contribution in [0, 0.1) is 0 Å². The maximum atomic E-state index is 5.49. The van der Waals surface area contributed by atoms with Crippen molar-refractivity contribution in [1.29, 1.82) is 0 Å². The Morgan fingerprint density at radius 2 is 2.22 bits per heavy atom. The molecule has 2 N–H and O–H groups in total. The smallest absolute Gasteiger partial charge is 0.191 e. The summed E-state index contributed by atoms with van der Waals surface area (Å²) in [5.74, 6) is 0.930. The summed E-state index contributed by atoms with van der Waals surface area (Å²) < 4.78 is 5.49. The summed E-state index contributed by atoms with van der Waals surface area (Å²) in [6, 6.07) is 5.36. The highest BCUT2D eigenvalue weighted by molar-refractivity contribution is 14.0. The van der Waals surface area contributed by atoms with E-state index in [4.69, 9.17) is 4.74 Å². The molecule has 0 aromatic carbocycles. The molecule has 0 amide bonds. The van der Waals surface area contributed by atoms with Gasteiger partial charge in [0.05, 0.1) is 19.3 Å². The van der Waals surface area contributed by atoms with E-state index in [1.807, 2.05) is 18.4 Å². The molecule has 1 aliphatic heterocycles. The van der Waals surface area contributed by atoms with E-state index < -0.39 is 0 Å². The van der Waals surface area contributed by atoms with Gasteiger partial charge in [-0.15, -0.1) is 35.3 Å². The summed E-state index contributed by atoms with van der Waals surface area (Å²) in [5, 5.41) is 9.18. The second-order valence-corrected chi connectivity index (χ2v) is 6.88. The molecule has 2 aliphatic rings. The van der Waals surface area contributed by atoms with Crippen molar-refractivity contribution in [1.82, 2.24) is 15.5 Å². The van der Waals surface area contributed by atoms with Crippen LogP contribution in [-0.4, -0.2) is 56.8 Å². The van der Waals surface area contributed by atoms with Gasteiger partial charge in [-0.2, -0.15) is 0 Å². The molecule has 1 unspecified atom stereocenters. The van der Waals surface area contributed by atoms with Crippen LogP contribution in [0.1, 0.15) is 30.2 Å². The molecule has 1 aliphatic carbocycles. The Kier molecular flexibility index (Phi) is 8.08. The molecule has 1 aromatic rings. The second-order valence-electron chi connectivity index (χ2n) is 5.90. The van der Waals surface area contributed by atoms with E-state index in [0.29, 0.717) is 12.1 Å². The predicted molar refractivity (Wildman–Crippen MR) is 107 cm³/mol. The first-order valence-corrected chi connectivity index (χ1v) is 9.07. The summed E-state index contributed by atoms with van der Waals surface area (Å²) in [5.41, 5.74) is 0. The zero-order valence-corrected chi connectivity index (χ0v) is 16.8. The van der Waals surface area contributed by atoms with Crippen LogP contribution in [0.15, 0.2) is 22.5 Å².